The Balaban J connectivity index is 1.88. The van der Waals surface area contributed by atoms with E-state index in [1.54, 1.807) is 42.5 Å². The van der Waals surface area contributed by atoms with Gasteiger partial charge < -0.3 is 16.4 Å². The minimum Gasteiger partial charge on any atom is -0.364 e. The molecule has 0 fully saturated rings. The fraction of sp³-hybridized carbons (Fsp3) is 0.105. The van der Waals surface area contributed by atoms with Gasteiger partial charge in [-0.3, -0.25) is 9.59 Å². The van der Waals surface area contributed by atoms with Crippen LogP contribution in [0.25, 0.3) is 5.69 Å². The van der Waals surface area contributed by atoms with Crippen molar-refractivity contribution in [1.82, 2.24) is 15.1 Å². The summed E-state index contributed by atoms with van der Waals surface area (Å²) in [7, 11) is 0. The number of amides is 2. The number of carbonyl (C=O) groups excluding carboxylic acids is 2. The SMILES string of the molecule is NC(=O)c1nn(-c2c(Cl)cccc2Cl)cc1Nc1ccc(C(=O)NCCF)cc1. The first kappa shape index (κ1) is 20.6. The van der Waals surface area contributed by atoms with Crippen LogP contribution in [0.4, 0.5) is 15.8 Å². The predicted molar refractivity (Wildman–Crippen MR) is 110 cm³/mol. The molecule has 0 spiro atoms. The summed E-state index contributed by atoms with van der Waals surface area (Å²) in [5.41, 5.74) is 7.13. The number of para-hydroxylation sites is 1. The van der Waals surface area contributed by atoms with E-state index in [4.69, 9.17) is 28.9 Å². The monoisotopic (exact) mass is 435 g/mol. The van der Waals surface area contributed by atoms with E-state index in [1.807, 2.05) is 0 Å². The number of primary amides is 1. The van der Waals surface area contributed by atoms with Gasteiger partial charge in [0.05, 0.1) is 21.9 Å². The predicted octanol–water partition coefficient (Wildman–Crippen LogP) is 3.72. The lowest BCUT2D eigenvalue weighted by Gasteiger charge is -2.07. The first-order valence-electron chi connectivity index (χ1n) is 8.46. The van der Waals surface area contributed by atoms with Crippen molar-refractivity contribution in [1.29, 1.82) is 0 Å². The molecule has 0 saturated carbocycles. The van der Waals surface area contributed by atoms with Crippen molar-refractivity contribution in [3.63, 3.8) is 0 Å². The molecule has 150 valence electrons. The van der Waals surface area contributed by atoms with Crippen LogP contribution in [-0.4, -0.2) is 34.8 Å². The molecule has 0 atom stereocenters. The molecule has 0 saturated heterocycles. The molecule has 0 aliphatic carbocycles. The number of nitrogens with one attached hydrogen (secondary N) is 2. The largest absolute Gasteiger partial charge is 0.364 e. The Morgan fingerprint density at radius 1 is 1.10 bits per heavy atom. The number of rotatable bonds is 7. The zero-order valence-electron chi connectivity index (χ0n) is 15.0. The Bertz CT molecular complexity index is 1030. The van der Waals surface area contributed by atoms with Crippen LogP contribution >= 0.6 is 23.2 Å². The van der Waals surface area contributed by atoms with E-state index < -0.39 is 12.6 Å². The summed E-state index contributed by atoms with van der Waals surface area (Å²) < 4.78 is 13.5. The van der Waals surface area contributed by atoms with Crippen LogP contribution in [0.2, 0.25) is 10.0 Å². The van der Waals surface area contributed by atoms with Gasteiger partial charge in [-0.25, -0.2) is 9.07 Å². The van der Waals surface area contributed by atoms with Crippen LogP contribution in [0, 0.1) is 0 Å². The second-order valence-corrected chi connectivity index (χ2v) is 6.73. The molecule has 1 aromatic heterocycles. The van der Waals surface area contributed by atoms with Gasteiger partial charge in [-0.1, -0.05) is 29.3 Å². The first-order valence-corrected chi connectivity index (χ1v) is 9.21. The lowest BCUT2D eigenvalue weighted by molar-refractivity contribution is 0.0949. The van der Waals surface area contributed by atoms with Crippen LogP contribution in [-0.2, 0) is 0 Å². The third kappa shape index (κ3) is 4.67. The Morgan fingerprint density at radius 2 is 1.76 bits per heavy atom. The van der Waals surface area contributed by atoms with Crippen molar-refractivity contribution < 1.29 is 14.0 Å². The number of carbonyl (C=O) groups is 2. The Kier molecular flexibility index (Phi) is 6.36. The number of nitrogens with two attached hydrogens (primary N) is 1. The van der Waals surface area contributed by atoms with Crippen molar-refractivity contribution in [3.8, 4) is 5.69 Å². The lowest BCUT2D eigenvalue weighted by Crippen LogP contribution is -2.25. The van der Waals surface area contributed by atoms with Crippen molar-refractivity contribution in [2.75, 3.05) is 18.5 Å². The van der Waals surface area contributed by atoms with Crippen molar-refractivity contribution >= 4 is 46.4 Å². The van der Waals surface area contributed by atoms with E-state index in [2.05, 4.69) is 15.7 Å². The molecule has 29 heavy (non-hydrogen) atoms. The summed E-state index contributed by atoms with van der Waals surface area (Å²) >= 11 is 12.4. The summed E-state index contributed by atoms with van der Waals surface area (Å²) in [5, 5.41) is 10.4. The number of aromatic nitrogens is 2. The molecular formula is C19H16Cl2FN5O2. The highest BCUT2D eigenvalue weighted by atomic mass is 35.5. The average Bonchev–Trinajstić information content (AvgIpc) is 3.10. The number of anilines is 2. The topological polar surface area (TPSA) is 102 Å². The molecule has 10 heteroatoms. The van der Waals surface area contributed by atoms with Crippen LogP contribution in [0.1, 0.15) is 20.8 Å². The third-order valence-electron chi connectivity index (χ3n) is 3.92. The average molecular weight is 436 g/mol. The van der Waals surface area contributed by atoms with Crippen molar-refractivity contribution in [2.24, 2.45) is 5.73 Å². The molecule has 0 unspecified atom stereocenters. The Hall–Kier alpha value is -3.10. The van der Waals surface area contributed by atoms with Gasteiger partial charge in [0.2, 0.25) is 0 Å². The van der Waals surface area contributed by atoms with Gasteiger partial charge in [-0.2, -0.15) is 5.10 Å². The highest BCUT2D eigenvalue weighted by Gasteiger charge is 2.18. The zero-order valence-corrected chi connectivity index (χ0v) is 16.5. The van der Waals surface area contributed by atoms with E-state index in [-0.39, 0.29) is 18.1 Å². The van der Waals surface area contributed by atoms with Crippen LogP contribution in [0.5, 0.6) is 0 Å². The van der Waals surface area contributed by atoms with Crippen LogP contribution in [0.15, 0.2) is 48.7 Å². The molecule has 4 N–H and O–H groups in total. The normalized spacial score (nSPS) is 10.6. The van der Waals surface area contributed by atoms with Crippen LogP contribution < -0.4 is 16.4 Å². The molecule has 3 aromatic rings. The van der Waals surface area contributed by atoms with Gasteiger partial charge in [0, 0.05) is 17.8 Å². The molecule has 0 aliphatic heterocycles. The summed E-state index contributed by atoms with van der Waals surface area (Å²) in [6.45, 7) is -0.689. The highest BCUT2D eigenvalue weighted by molar-refractivity contribution is 6.37. The number of alkyl halides is 1. The summed E-state index contributed by atoms with van der Waals surface area (Å²) in [4.78, 5) is 23.7. The van der Waals surface area contributed by atoms with Crippen LogP contribution in [0.3, 0.4) is 0 Å². The lowest BCUT2D eigenvalue weighted by atomic mass is 10.2. The molecular weight excluding hydrogens is 420 g/mol. The number of hydrogen-bond acceptors (Lipinski definition) is 4. The standard InChI is InChI=1S/C19H16Cl2FN5O2/c20-13-2-1-3-14(21)17(13)27-10-15(16(26-27)18(23)28)25-12-6-4-11(5-7-12)19(29)24-9-8-22/h1-7,10,25H,8-9H2,(H2,23,28)(H,24,29). The maximum Gasteiger partial charge on any atom is 0.271 e. The fourth-order valence-electron chi connectivity index (χ4n) is 2.59. The second-order valence-electron chi connectivity index (χ2n) is 5.92. The van der Waals surface area contributed by atoms with Gasteiger partial charge >= 0.3 is 0 Å². The van der Waals surface area contributed by atoms with Gasteiger partial charge in [-0.15, -0.1) is 0 Å². The smallest absolute Gasteiger partial charge is 0.271 e. The quantitative estimate of drug-likeness (QED) is 0.526. The second kappa shape index (κ2) is 8.93. The summed E-state index contributed by atoms with van der Waals surface area (Å²) in [6.07, 6.45) is 1.54. The maximum atomic E-state index is 12.2. The van der Waals surface area contributed by atoms with E-state index in [1.165, 1.54) is 10.9 Å². The minimum absolute atomic E-state index is 0.00856. The van der Waals surface area contributed by atoms with Crippen molar-refractivity contribution in [2.45, 2.75) is 0 Å². The van der Waals surface area contributed by atoms with Crippen molar-refractivity contribution in [3.05, 3.63) is 70.0 Å². The van der Waals surface area contributed by atoms with E-state index in [0.29, 0.717) is 32.7 Å². The van der Waals surface area contributed by atoms with Gasteiger partial charge in [-0.05, 0) is 36.4 Å². The molecule has 0 aliphatic rings. The summed E-state index contributed by atoms with van der Waals surface area (Å²) in [6, 6.07) is 11.4. The van der Waals surface area contributed by atoms with Gasteiger partial charge in [0.15, 0.2) is 5.69 Å². The number of hydrogen-bond donors (Lipinski definition) is 3. The summed E-state index contributed by atoms with van der Waals surface area (Å²) in [5.74, 6) is -1.12. The minimum atomic E-state index is -0.739. The Labute approximate surface area is 175 Å². The number of benzene rings is 2. The molecule has 3 rings (SSSR count). The zero-order chi connectivity index (χ0) is 21.0. The molecule has 0 radical (unpaired) electrons. The van der Waals surface area contributed by atoms with E-state index in [0.717, 1.165) is 0 Å². The molecule has 0 bridgehead atoms. The fourth-order valence-corrected chi connectivity index (χ4v) is 3.16. The maximum absolute atomic E-state index is 12.2. The first-order chi connectivity index (χ1) is 13.9. The molecule has 2 aromatic carbocycles. The Morgan fingerprint density at radius 3 is 2.34 bits per heavy atom. The molecule has 1 heterocycles. The highest BCUT2D eigenvalue weighted by Crippen LogP contribution is 2.30. The van der Waals surface area contributed by atoms with Gasteiger partial charge in [0.1, 0.15) is 12.4 Å². The van der Waals surface area contributed by atoms with Gasteiger partial charge in [0.25, 0.3) is 11.8 Å². The number of nitrogens with zero attached hydrogens (tertiary/aromatic N) is 2. The third-order valence-corrected chi connectivity index (χ3v) is 4.53. The number of halogens is 3. The molecule has 7 nitrogen and oxygen atoms in total. The molecule has 2 amide bonds. The van der Waals surface area contributed by atoms with E-state index in [9.17, 15) is 14.0 Å². The van der Waals surface area contributed by atoms with E-state index >= 15 is 0 Å².